The predicted molar refractivity (Wildman–Crippen MR) is 98.1 cm³/mol. The number of nitrogens with zero attached hydrogens (tertiary/aromatic N) is 1. The second-order valence-electron chi connectivity index (χ2n) is 7.08. The first-order valence-electron chi connectivity index (χ1n) is 9.09. The highest BCUT2D eigenvalue weighted by Crippen LogP contribution is 2.36. The summed E-state index contributed by atoms with van der Waals surface area (Å²) in [5.74, 6) is -2.12. The molecule has 154 valence electrons. The van der Waals surface area contributed by atoms with Crippen molar-refractivity contribution in [1.29, 1.82) is 0 Å². The Morgan fingerprint density at radius 1 is 1.21 bits per heavy atom. The number of phenolic OH excluding ortho intramolecular Hbond substituents is 1. The van der Waals surface area contributed by atoms with Gasteiger partial charge in [0, 0.05) is 5.92 Å². The number of rotatable bonds is 5. The monoisotopic (exact) mass is 407 g/mol. The third-order valence-corrected chi connectivity index (χ3v) is 4.84. The molecule has 0 saturated carbocycles. The molecule has 1 N–H and O–H groups in total. The highest BCUT2D eigenvalue weighted by Gasteiger charge is 2.40. The lowest BCUT2D eigenvalue weighted by atomic mass is 9.96. The van der Waals surface area contributed by atoms with Gasteiger partial charge in [0.15, 0.2) is 0 Å². The van der Waals surface area contributed by atoms with Crippen LogP contribution in [0.15, 0.2) is 48.5 Å². The summed E-state index contributed by atoms with van der Waals surface area (Å²) in [5, 5.41) is 9.44. The smallest absolute Gasteiger partial charge is 0.419 e. The Labute approximate surface area is 165 Å². The molecular formula is C21H20F3NO4. The van der Waals surface area contributed by atoms with E-state index in [1.807, 2.05) is 30.3 Å². The summed E-state index contributed by atoms with van der Waals surface area (Å²) in [6.45, 7) is 1.62. The maximum atomic E-state index is 13.0. The molecule has 8 heteroatoms. The van der Waals surface area contributed by atoms with E-state index in [1.165, 1.54) is 6.07 Å². The number of halogens is 3. The first kappa shape index (κ1) is 20.7. The minimum Gasteiger partial charge on any atom is -0.507 e. The van der Waals surface area contributed by atoms with Crippen molar-refractivity contribution >= 4 is 12.0 Å². The molecule has 0 aliphatic carbocycles. The van der Waals surface area contributed by atoms with Crippen molar-refractivity contribution in [2.75, 3.05) is 6.61 Å². The van der Waals surface area contributed by atoms with Crippen molar-refractivity contribution < 1.29 is 32.6 Å². The van der Waals surface area contributed by atoms with Gasteiger partial charge in [-0.15, -0.1) is 0 Å². The molecule has 0 radical (unpaired) electrons. The highest BCUT2D eigenvalue weighted by atomic mass is 19.4. The van der Waals surface area contributed by atoms with Crippen LogP contribution in [0, 0.1) is 5.92 Å². The van der Waals surface area contributed by atoms with Gasteiger partial charge < -0.3 is 9.84 Å². The summed E-state index contributed by atoms with van der Waals surface area (Å²) in [5.41, 5.74) is 0.0231. The number of carbonyl (C=O) groups excluding carboxylic acids is 2. The van der Waals surface area contributed by atoms with E-state index in [9.17, 15) is 27.9 Å². The fraction of sp³-hybridized carbons (Fsp3) is 0.333. The van der Waals surface area contributed by atoms with Crippen LogP contribution in [0.1, 0.15) is 23.6 Å². The van der Waals surface area contributed by atoms with Crippen LogP contribution in [-0.2, 0) is 28.5 Å². The molecule has 0 spiro atoms. The van der Waals surface area contributed by atoms with Crippen molar-refractivity contribution in [3.63, 3.8) is 0 Å². The van der Waals surface area contributed by atoms with E-state index in [-0.39, 0.29) is 18.6 Å². The van der Waals surface area contributed by atoms with Crippen LogP contribution in [-0.4, -0.2) is 34.7 Å². The minimum atomic E-state index is -4.70. The zero-order chi connectivity index (χ0) is 21.2. The second kappa shape index (κ2) is 8.14. The molecule has 1 fully saturated rings. The van der Waals surface area contributed by atoms with E-state index in [0.29, 0.717) is 6.42 Å². The minimum absolute atomic E-state index is 0.00989. The Bertz CT molecular complexity index is 899. The van der Waals surface area contributed by atoms with Crippen LogP contribution >= 0.6 is 0 Å². The van der Waals surface area contributed by atoms with Gasteiger partial charge in [-0.3, -0.25) is 4.79 Å². The average molecular weight is 407 g/mol. The van der Waals surface area contributed by atoms with E-state index in [0.717, 1.165) is 22.6 Å². The van der Waals surface area contributed by atoms with Gasteiger partial charge >= 0.3 is 12.3 Å². The van der Waals surface area contributed by atoms with Crippen LogP contribution < -0.4 is 0 Å². The molecule has 1 heterocycles. The Morgan fingerprint density at radius 3 is 2.55 bits per heavy atom. The first-order valence-corrected chi connectivity index (χ1v) is 9.09. The van der Waals surface area contributed by atoms with Crippen LogP contribution in [0.5, 0.6) is 5.75 Å². The summed E-state index contributed by atoms with van der Waals surface area (Å²) in [6, 6.07) is 12.0. The number of aromatic hydroxyl groups is 1. The van der Waals surface area contributed by atoms with E-state index in [1.54, 1.807) is 6.92 Å². The molecule has 2 unspecified atom stereocenters. The number of imide groups is 1. The van der Waals surface area contributed by atoms with E-state index < -0.39 is 41.4 Å². The Balaban J connectivity index is 1.74. The van der Waals surface area contributed by atoms with Gasteiger partial charge in [0.25, 0.3) is 0 Å². The Kier molecular flexibility index (Phi) is 5.81. The lowest BCUT2D eigenvalue weighted by Crippen LogP contribution is -2.43. The number of ether oxygens (including phenoxy) is 1. The van der Waals surface area contributed by atoms with Gasteiger partial charge in [-0.25, -0.2) is 9.69 Å². The number of phenols is 1. The SMILES string of the molecule is CC(Cc1ccc(O)c(C(F)(F)F)c1)C(=O)N1C(=O)OCC1Cc1ccccc1. The molecule has 0 bridgehead atoms. The zero-order valence-electron chi connectivity index (χ0n) is 15.6. The molecule has 1 aliphatic heterocycles. The number of carbonyl (C=O) groups is 2. The van der Waals surface area contributed by atoms with Crippen molar-refractivity contribution in [2.24, 2.45) is 5.92 Å². The molecule has 2 aromatic carbocycles. The summed E-state index contributed by atoms with van der Waals surface area (Å²) in [6.07, 6.45) is -5.02. The number of alkyl halides is 3. The summed E-state index contributed by atoms with van der Waals surface area (Å²) >= 11 is 0. The van der Waals surface area contributed by atoms with Crippen LogP contribution in [0.2, 0.25) is 0 Å². The Morgan fingerprint density at radius 2 is 1.90 bits per heavy atom. The maximum Gasteiger partial charge on any atom is 0.419 e. The first-order chi connectivity index (χ1) is 13.7. The number of amides is 2. The topological polar surface area (TPSA) is 66.8 Å². The van der Waals surface area contributed by atoms with Gasteiger partial charge in [0.1, 0.15) is 12.4 Å². The van der Waals surface area contributed by atoms with Crippen molar-refractivity contribution in [3.05, 3.63) is 65.2 Å². The lowest BCUT2D eigenvalue weighted by Gasteiger charge is -2.23. The molecule has 2 atom stereocenters. The predicted octanol–water partition coefficient (Wildman–Crippen LogP) is 4.18. The van der Waals surface area contributed by atoms with Crippen molar-refractivity contribution in [1.82, 2.24) is 4.90 Å². The van der Waals surface area contributed by atoms with E-state index >= 15 is 0 Å². The standard InChI is InChI=1S/C21H20F3NO4/c1-13(9-15-7-8-18(26)17(11-15)21(22,23)24)19(27)25-16(12-29-20(25)28)10-14-5-3-2-4-6-14/h2-8,11,13,16,26H,9-10,12H2,1H3. The second-order valence-corrected chi connectivity index (χ2v) is 7.08. The fourth-order valence-corrected chi connectivity index (χ4v) is 3.38. The van der Waals surface area contributed by atoms with Crippen LogP contribution in [0.3, 0.4) is 0 Å². The van der Waals surface area contributed by atoms with E-state index in [4.69, 9.17) is 4.74 Å². The van der Waals surface area contributed by atoms with Gasteiger partial charge in [0.2, 0.25) is 5.91 Å². The lowest BCUT2D eigenvalue weighted by molar-refractivity contribution is -0.138. The average Bonchev–Trinajstić information content (AvgIpc) is 3.02. The highest BCUT2D eigenvalue weighted by molar-refractivity contribution is 5.94. The molecule has 1 aliphatic rings. The number of benzene rings is 2. The third kappa shape index (κ3) is 4.70. The molecule has 2 aromatic rings. The summed E-state index contributed by atoms with van der Waals surface area (Å²) in [4.78, 5) is 26.0. The quantitative estimate of drug-likeness (QED) is 0.808. The molecular weight excluding hydrogens is 387 g/mol. The zero-order valence-corrected chi connectivity index (χ0v) is 15.6. The molecule has 0 aromatic heterocycles. The van der Waals surface area contributed by atoms with Crippen molar-refractivity contribution in [3.8, 4) is 5.75 Å². The van der Waals surface area contributed by atoms with Gasteiger partial charge in [-0.05, 0) is 36.1 Å². The Hall–Kier alpha value is -3.03. The summed E-state index contributed by atoms with van der Waals surface area (Å²) < 4.78 is 44.0. The number of cyclic esters (lactones) is 1. The normalized spacial score (nSPS) is 17.9. The van der Waals surface area contributed by atoms with Gasteiger partial charge in [-0.2, -0.15) is 13.2 Å². The fourth-order valence-electron chi connectivity index (χ4n) is 3.38. The van der Waals surface area contributed by atoms with Crippen molar-refractivity contribution in [2.45, 2.75) is 32.0 Å². The maximum absolute atomic E-state index is 13.0. The molecule has 3 rings (SSSR count). The molecule has 29 heavy (non-hydrogen) atoms. The molecule has 2 amide bonds. The van der Waals surface area contributed by atoms with Crippen LogP contribution in [0.25, 0.3) is 0 Å². The van der Waals surface area contributed by atoms with E-state index in [2.05, 4.69) is 0 Å². The largest absolute Gasteiger partial charge is 0.507 e. The van der Waals surface area contributed by atoms with Crippen LogP contribution in [0.4, 0.5) is 18.0 Å². The molecule has 5 nitrogen and oxygen atoms in total. The number of hydrogen-bond acceptors (Lipinski definition) is 4. The molecule has 1 saturated heterocycles. The summed E-state index contributed by atoms with van der Waals surface area (Å²) in [7, 11) is 0. The van der Waals surface area contributed by atoms with Gasteiger partial charge in [-0.1, -0.05) is 43.3 Å². The third-order valence-electron chi connectivity index (χ3n) is 4.84. The number of hydrogen-bond donors (Lipinski definition) is 1. The van der Waals surface area contributed by atoms with Gasteiger partial charge in [0.05, 0.1) is 11.6 Å².